The monoisotopic (exact) mass is 828 g/mol. The number of para-hydroxylation sites is 6. The van der Waals surface area contributed by atoms with Gasteiger partial charge in [0, 0.05) is 49.6 Å². The minimum absolute atomic E-state index is 0.887. The van der Waals surface area contributed by atoms with E-state index in [2.05, 4.69) is 246 Å². The number of nitrogens with zero attached hydrogens (tertiary/aromatic N) is 2. The van der Waals surface area contributed by atoms with Gasteiger partial charge in [0.05, 0.1) is 22.4 Å². The second-order valence-corrected chi connectivity index (χ2v) is 16.8. The average molecular weight is 829 g/mol. The Bertz CT molecular complexity index is 3900. The summed E-state index contributed by atoms with van der Waals surface area (Å²) in [5.41, 5.74) is 15.3. The number of rotatable bonds is 7. The lowest BCUT2D eigenvalue weighted by atomic mass is 9.97. The van der Waals surface area contributed by atoms with E-state index in [1.165, 1.54) is 60.0 Å². The van der Waals surface area contributed by atoms with E-state index in [0.717, 1.165) is 61.4 Å². The van der Waals surface area contributed by atoms with Crippen LogP contribution in [0.3, 0.4) is 0 Å². The van der Waals surface area contributed by atoms with Gasteiger partial charge in [-0.2, -0.15) is 0 Å². The number of aromatic nitrogens is 1. The summed E-state index contributed by atoms with van der Waals surface area (Å²) in [5, 5.41) is 9.77. The molecule has 0 aliphatic carbocycles. The van der Waals surface area contributed by atoms with Gasteiger partial charge in [0.25, 0.3) is 0 Å². The van der Waals surface area contributed by atoms with Gasteiger partial charge in [0.1, 0.15) is 11.2 Å². The molecule has 304 valence electrons. The molecule has 0 spiro atoms. The Morgan fingerprint density at radius 3 is 1.63 bits per heavy atom. The molecule has 0 aliphatic heterocycles. The first-order valence-electron chi connectivity index (χ1n) is 22.2. The number of hydrogen-bond acceptors (Lipinski definition) is 2. The summed E-state index contributed by atoms with van der Waals surface area (Å²) < 4.78 is 9.05. The standard InChI is InChI=1S/C62H40N2O/c1-2-15-48-42(14-1)28-29-45-40-44(34-39-49(45)48)41-30-35-46(36-31-41)63(58-24-9-6-19-53(58)55-21-13-22-56-54-20-7-12-27-61(54)65-62(55)56)47-37-32-43(33-38-47)50-16-3-8-23-57(50)64-59-25-10-4-17-51(59)52-18-5-11-26-60(52)64/h1-40H. The Kier molecular flexibility index (Phi) is 8.53. The van der Waals surface area contributed by atoms with Crippen LogP contribution < -0.4 is 4.90 Å². The van der Waals surface area contributed by atoms with Gasteiger partial charge in [-0.05, 0) is 98.9 Å². The zero-order chi connectivity index (χ0) is 42.8. The average Bonchev–Trinajstić information content (AvgIpc) is 3.93. The fourth-order valence-electron chi connectivity index (χ4n) is 10.2. The number of hydrogen-bond donors (Lipinski definition) is 0. The minimum Gasteiger partial charge on any atom is -0.455 e. The van der Waals surface area contributed by atoms with Crippen molar-refractivity contribution in [1.82, 2.24) is 4.57 Å². The smallest absolute Gasteiger partial charge is 0.143 e. The van der Waals surface area contributed by atoms with E-state index in [4.69, 9.17) is 4.42 Å². The van der Waals surface area contributed by atoms with E-state index in [1.807, 2.05) is 6.07 Å². The van der Waals surface area contributed by atoms with E-state index in [-0.39, 0.29) is 0 Å². The molecule has 0 aliphatic rings. The Morgan fingerprint density at radius 2 is 0.862 bits per heavy atom. The summed E-state index contributed by atoms with van der Waals surface area (Å²) in [6.07, 6.45) is 0. The van der Waals surface area contributed by atoms with Crippen molar-refractivity contribution in [2.24, 2.45) is 0 Å². The van der Waals surface area contributed by atoms with Crippen LogP contribution in [0.15, 0.2) is 247 Å². The van der Waals surface area contributed by atoms with Gasteiger partial charge in [0.2, 0.25) is 0 Å². The Labute approximate surface area is 376 Å². The third-order valence-electron chi connectivity index (χ3n) is 13.2. The van der Waals surface area contributed by atoms with E-state index in [9.17, 15) is 0 Å². The van der Waals surface area contributed by atoms with Crippen molar-refractivity contribution in [1.29, 1.82) is 0 Å². The number of fused-ring (bicyclic) bond motifs is 9. The molecular weight excluding hydrogens is 789 g/mol. The van der Waals surface area contributed by atoms with Gasteiger partial charge in [-0.1, -0.05) is 182 Å². The van der Waals surface area contributed by atoms with Crippen molar-refractivity contribution >= 4 is 82.4 Å². The molecule has 13 aromatic rings. The lowest BCUT2D eigenvalue weighted by Gasteiger charge is -2.28. The zero-order valence-corrected chi connectivity index (χ0v) is 35.4. The first kappa shape index (κ1) is 36.9. The van der Waals surface area contributed by atoms with Gasteiger partial charge in [-0.25, -0.2) is 0 Å². The molecule has 3 heteroatoms. The fourth-order valence-corrected chi connectivity index (χ4v) is 10.2. The van der Waals surface area contributed by atoms with Crippen LogP contribution in [0.1, 0.15) is 0 Å². The SMILES string of the molecule is c1ccc(N(c2ccc(-c3ccc4c(ccc5ccccc54)c3)cc2)c2ccc(-c3ccccc3-n3c4ccccc4c4ccccc43)cc2)c(-c2cccc3c2oc2ccccc23)c1. The maximum absolute atomic E-state index is 6.64. The van der Waals surface area contributed by atoms with Gasteiger partial charge in [0.15, 0.2) is 0 Å². The Balaban J connectivity index is 0.951. The quantitative estimate of drug-likeness (QED) is 0.149. The van der Waals surface area contributed by atoms with Gasteiger partial charge in [-0.3, -0.25) is 0 Å². The maximum Gasteiger partial charge on any atom is 0.143 e. The highest BCUT2D eigenvalue weighted by Gasteiger charge is 2.21. The molecule has 0 N–H and O–H groups in total. The summed E-state index contributed by atoms with van der Waals surface area (Å²) in [4.78, 5) is 2.38. The van der Waals surface area contributed by atoms with Crippen molar-refractivity contribution in [2.45, 2.75) is 0 Å². The Morgan fingerprint density at radius 1 is 0.323 bits per heavy atom. The van der Waals surface area contributed by atoms with Crippen molar-refractivity contribution in [3.63, 3.8) is 0 Å². The highest BCUT2D eigenvalue weighted by atomic mass is 16.3. The van der Waals surface area contributed by atoms with Crippen molar-refractivity contribution < 1.29 is 4.42 Å². The highest BCUT2D eigenvalue weighted by molar-refractivity contribution is 6.12. The lowest BCUT2D eigenvalue weighted by molar-refractivity contribution is 0.670. The summed E-state index contributed by atoms with van der Waals surface area (Å²) >= 11 is 0. The number of benzene rings is 11. The molecule has 11 aromatic carbocycles. The number of anilines is 3. The van der Waals surface area contributed by atoms with Gasteiger partial charge in [-0.15, -0.1) is 0 Å². The van der Waals surface area contributed by atoms with Crippen LogP contribution in [0.5, 0.6) is 0 Å². The largest absolute Gasteiger partial charge is 0.455 e. The molecule has 2 heterocycles. The molecule has 13 rings (SSSR count). The molecule has 0 amide bonds. The molecule has 3 nitrogen and oxygen atoms in total. The van der Waals surface area contributed by atoms with Crippen LogP contribution in [0, 0.1) is 0 Å². The van der Waals surface area contributed by atoms with Crippen LogP contribution in [0.4, 0.5) is 17.1 Å². The molecule has 2 aromatic heterocycles. The summed E-state index contributed by atoms with van der Waals surface area (Å²) in [6, 6.07) is 87.7. The van der Waals surface area contributed by atoms with Gasteiger partial charge >= 0.3 is 0 Å². The number of furan rings is 1. The zero-order valence-electron chi connectivity index (χ0n) is 35.4. The maximum atomic E-state index is 6.64. The third kappa shape index (κ3) is 6.05. The second kappa shape index (κ2) is 15.0. The topological polar surface area (TPSA) is 21.3 Å². The van der Waals surface area contributed by atoms with E-state index < -0.39 is 0 Å². The molecular formula is C62H40N2O. The van der Waals surface area contributed by atoms with Crippen LogP contribution in [0.2, 0.25) is 0 Å². The van der Waals surface area contributed by atoms with Crippen LogP contribution in [-0.2, 0) is 0 Å². The molecule has 65 heavy (non-hydrogen) atoms. The fraction of sp³-hybridized carbons (Fsp3) is 0. The minimum atomic E-state index is 0.887. The molecule has 0 radical (unpaired) electrons. The van der Waals surface area contributed by atoms with E-state index >= 15 is 0 Å². The van der Waals surface area contributed by atoms with Crippen LogP contribution in [-0.4, -0.2) is 4.57 Å². The molecule has 0 bridgehead atoms. The summed E-state index contributed by atoms with van der Waals surface area (Å²) in [7, 11) is 0. The highest BCUT2D eigenvalue weighted by Crippen LogP contribution is 2.45. The van der Waals surface area contributed by atoms with Crippen LogP contribution in [0.25, 0.3) is 104 Å². The predicted octanol–water partition coefficient (Wildman–Crippen LogP) is 17.5. The van der Waals surface area contributed by atoms with E-state index in [1.54, 1.807) is 0 Å². The molecule has 0 saturated heterocycles. The van der Waals surface area contributed by atoms with Crippen molar-refractivity contribution in [3.8, 4) is 39.1 Å². The summed E-state index contributed by atoms with van der Waals surface area (Å²) in [6.45, 7) is 0. The molecule has 0 saturated carbocycles. The summed E-state index contributed by atoms with van der Waals surface area (Å²) in [5.74, 6) is 0. The second-order valence-electron chi connectivity index (χ2n) is 16.8. The van der Waals surface area contributed by atoms with Crippen molar-refractivity contribution in [3.05, 3.63) is 243 Å². The third-order valence-corrected chi connectivity index (χ3v) is 13.2. The molecule has 0 unspecified atom stereocenters. The predicted molar refractivity (Wildman–Crippen MR) is 274 cm³/mol. The first-order chi connectivity index (χ1) is 32.2. The lowest BCUT2D eigenvalue weighted by Crippen LogP contribution is -2.11. The first-order valence-corrected chi connectivity index (χ1v) is 22.2. The molecule has 0 atom stereocenters. The molecule has 0 fully saturated rings. The van der Waals surface area contributed by atoms with Crippen molar-refractivity contribution in [2.75, 3.05) is 4.90 Å². The van der Waals surface area contributed by atoms with E-state index in [0.29, 0.717) is 0 Å². The van der Waals surface area contributed by atoms with Crippen LogP contribution >= 0.6 is 0 Å². The normalized spacial score (nSPS) is 11.7. The van der Waals surface area contributed by atoms with Gasteiger partial charge < -0.3 is 13.9 Å². The Hall–Kier alpha value is -8.66.